The van der Waals surface area contributed by atoms with Gasteiger partial charge in [0.15, 0.2) is 0 Å². The second kappa shape index (κ2) is 15.7. The van der Waals surface area contributed by atoms with E-state index in [9.17, 15) is 22.8 Å². The van der Waals surface area contributed by atoms with E-state index in [-0.39, 0.29) is 18.6 Å². The molecule has 0 aliphatic heterocycles. The van der Waals surface area contributed by atoms with Crippen LogP contribution >= 0.6 is 0 Å². The van der Waals surface area contributed by atoms with Crippen molar-refractivity contribution in [1.82, 2.24) is 10.6 Å². The van der Waals surface area contributed by atoms with E-state index in [2.05, 4.69) is 44.1 Å². The van der Waals surface area contributed by atoms with Crippen LogP contribution in [0.25, 0.3) is 0 Å². The van der Waals surface area contributed by atoms with Crippen molar-refractivity contribution >= 4 is 26.1 Å². The van der Waals surface area contributed by atoms with Gasteiger partial charge in [-0.25, -0.2) is 9.59 Å². The summed E-state index contributed by atoms with van der Waals surface area (Å²) in [4.78, 5) is 34.0. The lowest BCUT2D eigenvalue weighted by Gasteiger charge is -2.29. The summed E-state index contributed by atoms with van der Waals surface area (Å²) in [6.07, 6.45) is -4.84. The van der Waals surface area contributed by atoms with Crippen LogP contribution in [0.3, 0.4) is 0 Å². The molecule has 38 heavy (non-hydrogen) atoms. The molecule has 0 saturated carbocycles. The zero-order valence-electron chi connectivity index (χ0n) is 23.6. The quantitative estimate of drug-likeness (QED) is 0.237. The van der Waals surface area contributed by atoms with Crippen LogP contribution < -0.4 is 10.6 Å². The van der Waals surface area contributed by atoms with E-state index in [1.54, 1.807) is 0 Å². The number of hydrogen-bond donors (Lipinski definition) is 3. The number of carbonyl (C=O) groups is 3. The molecular weight excluding hydrogens is 521 g/mol. The summed E-state index contributed by atoms with van der Waals surface area (Å²) >= 11 is 0. The van der Waals surface area contributed by atoms with Gasteiger partial charge in [-0.3, -0.25) is 4.79 Å². The minimum Gasteiger partial charge on any atom is -0.475 e. The van der Waals surface area contributed by atoms with Crippen LogP contribution in [0, 0.1) is 5.92 Å². The number of alkyl carbamates (subject to hydrolysis) is 1. The second-order valence-electron chi connectivity index (χ2n) is 11.6. The normalized spacial score (nSPS) is 13.6. The number of aliphatic carboxylic acids is 1. The Morgan fingerprint density at radius 2 is 1.55 bits per heavy atom. The minimum absolute atomic E-state index is 0.113. The van der Waals surface area contributed by atoms with Crippen molar-refractivity contribution in [2.75, 3.05) is 6.54 Å². The van der Waals surface area contributed by atoms with E-state index in [1.807, 2.05) is 51.1 Å². The number of benzene rings is 1. The molecule has 218 valence electrons. The average Bonchev–Trinajstić information content (AvgIpc) is 2.72. The molecule has 1 rings (SSSR count). The van der Waals surface area contributed by atoms with Gasteiger partial charge in [-0.05, 0) is 44.7 Å². The van der Waals surface area contributed by atoms with Crippen LogP contribution in [0.4, 0.5) is 18.0 Å². The molecule has 0 aromatic heterocycles. The molecule has 0 heterocycles. The maximum atomic E-state index is 12.8. The first-order chi connectivity index (χ1) is 17.2. The number of esters is 1. The van der Waals surface area contributed by atoms with Crippen molar-refractivity contribution in [3.63, 3.8) is 0 Å². The largest absolute Gasteiger partial charge is 0.490 e. The number of ether oxygens (including phenoxy) is 2. The summed E-state index contributed by atoms with van der Waals surface area (Å²) in [7, 11) is -1.46. The topological polar surface area (TPSA) is 114 Å². The number of rotatable bonds is 11. The maximum absolute atomic E-state index is 12.8. The Labute approximate surface area is 224 Å². The van der Waals surface area contributed by atoms with Crippen LogP contribution in [0.15, 0.2) is 30.3 Å². The summed E-state index contributed by atoms with van der Waals surface area (Å²) < 4.78 is 42.7. The zero-order valence-corrected chi connectivity index (χ0v) is 24.6. The molecule has 0 unspecified atom stereocenters. The Morgan fingerprint density at radius 1 is 1.03 bits per heavy atom. The molecule has 8 nitrogen and oxygen atoms in total. The molecular formula is C26H43F3N2O6Si. The van der Waals surface area contributed by atoms with Crippen LogP contribution in [-0.4, -0.2) is 61.6 Å². The lowest BCUT2D eigenvalue weighted by molar-refractivity contribution is -0.192. The summed E-state index contributed by atoms with van der Waals surface area (Å²) in [5.41, 5.74) is 0.408. The van der Waals surface area contributed by atoms with Gasteiger partial charge in [-0.1, -0.05) is 63.8 Å². The van der Waals surface area contributed by atoms with Gasteiger partial charge in [-0.2, -0.15) is 13.2 Å². The number of halogens is 3. The number of nitrogens with one attached hydrogen (secondary N) is 2. The molecule has 3 N–H and O–H groups in total. The summed E-state index contributed by atoms with van der Waals surface area (Å²) in [5.74, 6) is -2.69. The van der Waals surface area contributed by atoms with Gasteiger partial charge >= 0.3 is 24.2 Å². The van der Waals surface area contributed by atoms with E-state index in [0.717, 1.165) is 11.6 Å². The van der Waals surface area contributed by atoms with Crippen LogP contribution in [0.1, 0.15) is 46.6 Å². The highest BCUT2D eigenvalue weighted by Gasteiger charge is 2.38. The third-order valence-corrected chi connectivity index (χ3v) is 6.37. The van der Waals surface area contributed by atoms with Crippen molar-refractivity contribution < 1.29 is 42.1 Å². The van der Waals surface area contributed by atoms with Crippen LogP contribution in [0.5, 0.6) is 0 Å². The van der Waals surface area contributed by atoms with E-state index in [1.165, 1.54) is 0 Å². The number of alkyl halides is 3. The fourth-order valence-electron chi connectivity index (χ4n) is 3.24. The van der Waals surface area contributed by atoms with Gasteiger partial charge in [0.1, 0.15) is 18.2 Å². The molecule has 1 aromatic rings. The fourth-order valence-corrected chi connectivity index (χ4v) is 4.96. The number of amides is 1. The highest BCUT2D eigenvalue weighted by atomic mass is 28.3. The lowest BCUT2D eigenvalue weighted by Crippen LogP contribution is -2.50. The Hall–Kier alpha value is -2.60. The lowest BCUT2D eigenvalue weighted by atomic mass is 10.0. The Bertz CT molecular complexity index is 868. The summed E-state index contributed by atoms with van der Waals surface area (Å²) in [6.45, 7) is 17.2. The van der Waals surface area contributed by atoms with Crippen molar-refractivity contribution in [2.45, 2.75) is 97.2 Å². The standard InChI is InChI=1S/C24H42N2O4Si.C2HF3O2/c1-18(2)14-21(22(27)29-16-19-12-10-9-11-13-19)25-15-20(17-31(6,7)8)26-23(28)30-24(3,4)5;3-2(4,5)1(6)7/h9-13,18,20-21,25H,14-17H2,1-8H3,(H,26,28);(H,6,7)/t20-,21+;/m1./s1. The highest BCUT2D eigenvalue weighted by molar-refractivity contribution is 6.76. The van der Waals surface area contributed by atoms with Gasteiger partial charge in [-0.15, -0.1) is 0 Å². The Balaban J connectivity index is 0.00000171. The van der Waals surface area contributed by atoms with Crippen molar-refractivity contribution in [3.8, 4) is 0 Å². The predicted molar refractivity (Wildman–Crippen MR) is 142 cm³/mol. The van der Waals surface area contributed by atoms with Crippen molar-refractivity contribution in [3.05, 3.63) is 35.9 Å². The molecule has 0 spiro atoms. The average molecular weight is 565 g/mol. The molecule has 1 aromatic carbocycles. The molecule has 0 radical (unpaired) electrons. The van der Waals surface area contributed by atoms with E-state index >= 15 is 0 Å². The number of carboxylic acid groups (broad SMARTS) is 1. The van der Waals surface area contributed by atoms with E-state index in [4.69, 9.17) is 19.4 Å². The Kier molecular flexibility index (Phi) is 14.6. The highest BCUT2D eigenvalue weighted by Crippen LogP contribution is 2.15. The minimum atomic E-state index is -5.08. The SMILES string of the molecule is CC(C)C[C@H](NC[C@H](C[Si](C)(C)C)NC(=O)OC(C)(C)C)C(=O)OCc1ccccc1.O=C(O)C(F)(F)F. The van der Waals surface area contributed by atoms with Gasteiger partial charge in [0.05, 0.1) is 0 Å². The summed E-state index contributed by atoms with van der Waals surface area (Å²) in [5, 5.41) is 13.5. The Morgan fingerprint density at radius 3 is 1.97 bits per heavy atom. The molecule has 0 fully saturated rings. The molecule has 12 heteroatoms. The molecule has 2 atom stereocenters. The third-order valence-electron chi connectivity index (χ3n) is 4.65. The second-order valence-corrected chi connectivity index (χ2v) is 17.1. The molecule has 0 saturated heterocycles. The van der Waals surface area contributed by atoms with Gasteiger partial charge in [0, 0.05) is 20.7 Å². The predicted octanol–water partition coefficient (Wildman–Crippen LogP) is 5.60. The van der Waals surface area contributed by atoms with E-state index in [0.29, 0.717) is 18.9 Å². The van der Waals surface area contributed by atoms with Crippen molar-refractivity contribution in [2.24, 2.45) is 5.92 Å². The fraction of sp³-hybridized carbons (Fsp3) is 0.654. The number of carbonyl (C=O) groups excluding carboxylic acids is 2. The van der Waals surface area contributed by atoms with E-state index < -0.39 is 38.0 Å². The number of hydrogen-bond acceptors (Lipinski definition) is 6. The monoisotopic (exact) mass is 564 g/mol. The van der Waals surface area contributed by atoms with Crippen LogP contribution in [-0.2, 0) is 25.7 Å². The maximum Gasteiger partial charge on any atom is 0.490 e. The van der Waals surface area contributed by atoms with Gasteiger partial charge in [0.25, 0.3) is 0 Å². The zero-order chi connectivity index (χ0) is 29.7. The van der Waals surface area contributed by atoms with Gasteiger partial charge < -0.3 is 25.2 Å². The smallest absolute Gasteiger partial charge is 0.475 e. The van der Waals surface area contributed by atoms with Crippen LogP contribution in [0.2, 0.25) is 25.7 Å². The molecule has 0 aliphatic rings. The summed E-state index contributed by atoms with van der Waals surface area (Å²) in [6, 6.07) is 10.0. The van der Waals surface area contributed by atoms with Crippen molar-refractivity contribution in [1.29, 1.82) is 0 Å². The molecule has 1 amide bonds. The first-order valence-corrected chi connectivity index (χ1v) is 16.1. The first kappa shape index (κ1) is 35.4. The third kappa shape index (κ3) is 18.6. The molecule has 0 bridgehead atoms. The first-order valence-electron chi connectivity index (χ1n) is 12.4. The number of carboxylic acids is 1. The molecule has 0 aliphatic carbocycles. The van der Waals surface area contributed by atoms with Gasteiger partial charge in [0.2, 0.25) is 0 Å².